The van der Waals surface area contributed by atoms with Crippen molar-refractivity contribution in [1.29, 1.82) is 0 Å². The zero-order chi connectivity index (χ0) is 19.4. The number of halogens is 3. The summed E-state index contributed by atoms with van der Waals surface area (Å²) in [6.07, 6.45) is 0. The molecule has 1 atom stereocenters. The van der Waals surface area contributed by atoms with Gasteiger partial charge in [-0.2, -0.15) is 4.72 Å². The standard InChI is InChI=1S/C17H15Cl2FN2O4S/c1-24-4-5-27(23)22-17-12-8-14(19)10(6-16(12)26-21-17)9-25-11-2-3-13(18)15(20)7-11/h2-3,6-8H,4-5,9H2,1H3,(H,21,22). The van der Waals surface area contributed by atoms with E-state index in [1.54, 1.807) is 18.2 Å². The van der Waals surface area contributed by atoms with Crippen LogP contribution < -0.4 is 9.46 Å². The van der Waals surface area contributed by atoms with E-state index in [0.29, 0.717) is 45.5 Å². The lowest BCUT2D eigenvalue weighted by Crippen LogP contribution is -2.20. The maximum absolute atomic E-state index is 13.5. The maximum atomic E-state index is 13.5. The third-order valence-corrected chi connectivity index (χ3v) is 5.22. The van der Waals surface area contributed by atoms with Crippen molar-refractivity contribution < 1.29 is 22.9 Å². The van der Waals surface area contributed by atoms with Crippen LogP contribution in [-0.4, -0.2) is 29.2 Å². The number of hydrogen-bond acceptors (Lipinski definition) is 6. The summed E-state index contributed by atoms with van der Waals surface area (Å²) in [4.78, 5) is 0. The highest BCUT2D eigenvalue weighted by molar-refractivity contribution is 7.92. The van der Waals surface area contributed by atoms with Crippen molar-refractivity contribution >= 4 is 51.4 Å². The topological polar surface area (TPSA) is 79.6 Å². The Bertz CT molecular complexity index is 941. The van der Waals surface area contributed by atoms with Gasteiger partial charge in [0.15, 0.2) is 11.3 Å². The molecule has 0 aliphatic carbocycles. The van der Waals surface area contributed by atoms with Gasteiger partial charge < -0.3 is 18.5 Å². The van der Waals surface area contributed by atoms with E-state index in [4.69, 9.17) is 37.2 Å². The first-order chi connectivity index (χ1) is 13.0. The summed E-state index contributed by atoms with van der Waals surface area (Å²) in [7, 11) is 1.53. The lowest BCUT2D eigenvalue weighted by molar-refractivity contribution is 0.217. The highest BCUT2D eigenvalue weighted by atomic mass is 35.5. The Morgan fingerprint density at radius 3 is 2.81 bits per heavy atom. The molecule has 1 heterocycles. The Morgan fingerprint density at radius 1 is 1.26 bits per heavy atom. The van der Waals surface area contributed by atoms with Crippen LogP contribution in [0.1, 0.15) is 5.56 Å². The Kier molecular flexibility index (Phi) is 6.67. The molecule has 144 valence electrons. The second kappa shape index (κ2) is 8.99. The molecule has 0 amide bonds. The van der Waals surface area contributed by atoms with Gasteiger partial charge >= 0.3 is 0 Å². The van der Waals surface area contributed by atoms with Gasteiger partial charge in [0.05, 0.1) is 28.4 Å². The summed E-state index contributed by atoms with van der Waals surface area (Å²) in [6.45, 7) is 0.446. The van der Waals surface area contributed by atoms with E-state index < -0.39 is 17.2 Å². The van der Waals surface area contributed by atoms with Crippen molar-refractivity contribution in [1.82, 2.24) is 5.16 Å². The fraction of sp³-hybridized carbons (Fsp3) is 0.235. The summed E-state index contributed by atoms with van der Waals surface area (Å²) >= 11 is 10.6. The summed E-state index contributed by atoms with van der Waals surface area (Å²) in [5.74, 6) is 0.389. The largest absolute Gasteiger partial charge is 0.593 e. The number of benzene rings is 2. The van der Waals surface area contributed by atoms with Gasteiger partial charge in [-0.25, -0.2) is 4.39 Å². The predicted octanol–water partition coefficient (Wildman–Crippen LogP) is 4.57. The van der Waals surface area contributed by atoms with E-state index >= 15 is 0 Å². The highest BCUT2D eigenvalue weighted by Gasteiger charge is 2.17. The van der Waals surface area contributed by atoms with Crippen LogP contribution in [0.3, 0.4) is 0 Å². The van der Waals surface area contributed by atoms with E-state index in [2.05, 4.69) is 9.88 Å². The number of hydrogen-bond donors (Lipinski definition) is 1. The van der Waals surface area contributed by atoms with Crippen molar-refractivity contribution in [3.05, 3.63) is 51.8 Å². The summed E-state index contributed by atoms with van der Waals surface area (Å²) in [5.41, 5.74) is 1.08. The molecule has 3 rings (SSSR count). The average Bonchev–Trinajstić information content (AvgIpc) is 3.02. The van der Waals surface area contributed by atoms with Crippen LogP contribution in [0.2, 0.25) is 10.0 Å². The number of nitrogens with zero attached hydrogens (tertiary/aromatic N) is 1. The lowest BCUT2D eigenvalue weighted by atomic mass is 10.2. The zero-order valence-corrected chi connectivity index (χ0v) is 16.5. The van der Waals surface area contributed by atoms with Crippen molar-refractivity contribution in [3.8, 4) is 5.75 Å². The SMILES string of the molecule is COCC[S+]([O-])Nc1noc2cc(COc3ccc(Cl)c(F)c3)c(Cl)cc12. The van der Waals surface area contributed by atoms with Gasteiger partial charge in [0.25, 0.3) is 0 Å². The number of ether oxygens (including phenoxy) is 2. The molecular formula is C17H15Cl2FN2O4S. The van der Waals surface area contributed by atoms with Crippen LogP contribution in [-0.2, 0) is 22.7 Å². The first kappa shape index (κ1) is 20.0. The number of rotatable bonds is 8. The first-order valence-corrected chi connectivity index (χ1v) is 9.85. The minimum Gasteiger partial charge on any atom is -0.593 e. The quantitative estimate of drug-likeness (QED) is 0.524. The number of anilines is 1. The molecule has 0 fully saturated rings. The van der Waals surface area contributed by atoms with Crippen LogP contribution in [0, 0.1) is 5.82 Å². The molecule has 0 bridgehead atoms. The number of methoxy groups -OCH3 is 1. The van der Waals surface area contributed by atoms with Gasteiger partial charge in [-0.15, -0.1) is 0 Å². The van der Waals surface area contributed by atoms with Gasteiger partial charge in [-0.05, 0) is 24.3 Å². The number of nitrogens with one attached hydrogen (secondary N) is 1. The van der Waals surface area contributed by atoms with E-state index in [1.807, 2.05) is 0 Å². The predicted molar refractivity (Wildman–Crippen MR) is 103 cm³/mol. The fourth-order valence-corrected chi connectivity index (χ4v) is 3.35. The molecular weight excluding hydrogens is 418 g/mol. The second-order valence-electron chi connectivity index (χ2n) is 5.48. The molecule has 0 radical (unpaired) electrons. The molecule has 1 aromatic heterocycles. The number of aromatic nitrogens is 1. The van der Waals surface area contributed by atoms with Crippen LogP contribution in [0.4, 0.5) is 10.2 Å². The molecule has 2 aromatic carbocycles. The molecule has 3 aromatic rings. The van der Waals surface area contributed by atoms with Gasteiger partial charge in [-0.1, -0.05) is 28.4 Å². The normalized spacial score (nSPS) is 12.3. The Labute approximate surface area is 167 Å². The molecule has 27 heavy (non-hydrogen) atoms. The van der Waals surface area contributed by atoms with Crippen molar-refractivity contribution in [3.63, 3.8) is 0 Å². The zero-order valence-electron chi connectivity index (χ0n) is 14.1. The lowest BCUT2D eigenvalue weighted by Gasteiger charge is -2.10. The molecule has 0 aliphatic heterocycles. The van der Waals surface area contributed by atoms with Crippen LogP contribution >= 0.6 is 23.2 Å². The third kappa shape index (κ3) is 4.97. The van der Waals surface area contributed by atoms with Crippen LogP contribution in [0.25, 0.3) is 11.0 Å². The van der Waals surface area contributed by atoms with E-state index in [0.717, 1.165) is 0 Å². The summed E-state index contributed by atoms with van der Waals surface area (Å²) in [6, 6.07) is 7.48. The molecule has 0 spiro atoms. The highest BCUT2D eigenvalue weighted by Crippen LogP contribution is 2.30. The van der Waals surface area contributed by atoms with Crippen LogP contribution in [0.15, 0.2) is 34.9 Å². The maximum Gasteiger partial charge on any atom is 0.220 e. The van der Waals surface area contributed by atoms with Crippen molar-refractivity contribution in [2.75, 3.05) is 24.2 Å². The minimum absolute atomic E-state index is 0.0198. The average molecular weight is 433 g/mol. The fourth-order valence-electron chi connectivity index (χ4n) is 2.23. The van der Waals surface area contributed by atoms with Gasteiger partial charge in [0.1, 0.15) is 18.2 Å². The monoisotopic (exact) mass is 432 g/mol. The Hall–Kier alpha value is -1.71. The first-order valence-electron chi connectivity index (χ1n) is 7.77. The molecule has 1 unspecified atom stereocenters. The molecule has 1 N–H and O–H groups in total. The van der Waals surface area contributed by atoms with Gasteiger partial charge in [0, 0.05) is 23.8 Å². The van der Waals surface area contributed by atoms with Gasteiger partial charge in [0.2, 0.25) is 5.82 Å². The Balaban J connectivity index is 1.74. The smallest absolute Gasteiger partial charge is 0.220 e. The van der Waals surface area contributed by atoms with E-state index in [9.17, 15) is 8.94 Å². The summed E-state index contributed by atoms with van der Waals surface area (Å²) in [5, 5.41) is 4.90. The molecule has 0 aliphatic rings. The van der Waals surface area contributed by atoms with Gasteiger partial charge in [-0.3, -0.25) is 0 Å². The Morgan fingerprint density at radius 2 is 2.07 bits per heavy atom. The third-order valence-electron chi connectivity index (χ3n) is 3.61. The molecule has 10 heteroatoms. The number of fused-ring (bicyclic) bond motifs is 1. The summed E-state index contributed by atoms with van der Waals surface area (Å²) < 4.78 is 43.9. The minimum atomic E-state index is -1.36. The van der Waals surface area contributed by atoms with E-state index in [-0.39, 0.29) is 11.6 Å². The second-order valence-corrected chi connectivity index (χ2v) is 7.60. The molecule has 6 nitrogen and oxygen atoms in total. The van der Waals surface area contributed by atoms with Crippen molar-refractivity contribution in [2.45, 2.75) is 6.61 Å². The molecule has 0 saturated heterocycles. The molecule has 0 saturated carbocycles. The van der Waals surface area contributed by atoms with Crippen molar-refractivity contribution in [2.24, 2.45) is 0 Å². The van der Waals surface area contributed by atoms with Crippen LogP contribution in [0.5, 0.6) is 5.75 Å². The van der Waals surface area contributed by atoms with E-state index in [1.165, 1.54) is 19.2 Å².